The lowest BCUT2D eigenvalue weighted by Gasteiger charge is -2.09. The number of fused-ring (bicyclic) bond motifs is 1. The van der Waals surface area contributed by atoms with Gasteiger partial charge in [-0.3, -0.25) is 13.9 Å². The van der Waals surface area contributed by atoms with Gasteiger partial charge in [0.15, 0.2) is 11.5 Å². The molecule has 0 aliphatic rings. The van der Waals surface area contributed by atoms with Crippen molar-refractivity contribution in [2.45, 2.75) is 19.9 Å². The zero-order chi connectivity index (χ0) is 18.6. The molecule has 0 saturated heterocycles. The molecule has 0 fully saturated rings. The van der Waals surface area contributed by atoms with Crippen LogP contribution in [0.1, 0.15) is 29.5 Å². The van der Waals surface area contributed by atoms with E-state index in [-0.39, 0.29) is 18.2 Å². The van der Waals surface area contributed by atoms with E-state index in [4.69, 9.17) is 0 Å². The summed E-state index contributed by atoms with van der Waals surface area (Å²) in [5.74, 6) is 0.312. The van der Waals surface area contributed by atoms with Gasteiger partial charge in [0.1, 0.15) is 0 Å². The maximum atomic E-state index is 12.4. The number of carbonyl (C=O) groups is 1. The number of nitrogens with one attached hydrogen (secondary N) is 2. The summed E-state index contributed by atoms with van der Waals surface area (Å²) in [6, 6.07) is 11.9. The summed E-state index contributed by atoms with van der Waals surface area (Å²) < 4.78 is 28.0. The largest absolute Gasteiger partial charge is 0.345 e. The first-order valence-electron chi connectivity index (χ1n) is 8.16. The third-order valence-electron chi connectivity index (χ3n) is 3.66. The number of rotatable bonds is 7. The lowest BCUT2D eigenvalue weighted by atomic mass is 10.2. The first-order chi connectivity index (χ1) is 12.5. The van der Waals surface area contributed by atoms with E-state index >= 15 is 0 Å². The van der Waals surface area contributed by atoms with Crippen LogP contribution in [0.3, 0.4) is 0 Å². The van der Waals surface area contributed by atoms with Gasteiger partial charge < -0.3 is 5.32 Å². The fourth-order valence-electron chi connectivity index (χ4n) is 2.50. The van der Waals surface area contributed by atoms with E-state index in [0.29, 0.717) is 29.1 Å². The fourth-order valence-corrected chi connectivity index (χ4v) is 3.62. The first kappa shape index (κ1) is 17.9. The van der Waals surface area contributed by atoms with Gasteiger partial charge in [-0.15, -0.1) is 10.2 Å². The maximum absolute atomic E-state index is 12.4. The van der Waals surface area contributed by atoms with E-state index in [1.54, 1.807) is 29.5 Å². The Bertz CT molecular complexity index is 1030. The number of anilines is 1. The van der Waals surface area contributed by atoms with Crippen LogP contribution in [0, 0.1) is 0 Å². The molecule has 0 bridgehead atoms. The second-order valence-electron chi connectivity index (χ2n) is 5.73. The second-order valence-corrected chi connectivity index (χ2v) is 7.57. The van der Waals surface area contributed by atoms with Crippen molar-refractivity contribution in [1.29, 1.82) is 0 Å². The quantitative estimate of drug-likeness (QED) is 0.657. The van der Waals surface area contributed by atoms with E-state index < -0.39 is 10.0 Å². The Morgan fingerprint density at radius 2 is 2.00 bits per heavy atom. The van der Waals surface area contributed by atoms with Gasteiger partial charge in [-0.1, -0.05) is 19.1 Å². The Morgan fingerprint density at radius 3 is 2.81 bits per heavy atom. The first-order valence-corrected chi connectivity index (χ1v) is 9.81. The van der Waals surface area contributed by atoms with Crippen molar-refractivity contribution in [2.24, 2.45) is 0 Å². The molecule has 2 heterocycles. The molecule has 0 radical (unpaired) electrons. The summed E-state index contributed by atoms with van der Waals surface area (Å²) in [5, 5.41) is 10.8. The Balaban J connectivity index is 1.69. The minimum atomic E-state index is -3.40. The molecule has 0 spiro atoms. The number of benzene rings is 1. The Hall–Kier alpha value is -2.94. The van der Waals surface area contributed by atoms with Gasteiger partial charge in [-0.25, -0.2) is 8.42 Å². The van der Waals surface area contributed by atoms with Crippen LogP contribution in [0.25, 0.3) is 5.65 Å². The van der Waals surface area contributed by atoms with Crippen molar-refractivity contribution >= 4 is 27.3 Å². The number of hydrogen-bond acceptors (Lipinski definition) is 5. The zero-order valence-electron chi connectivity index (χ0n) is 14.2. The summed E-state index contributed by atoms with van der Waals surface area (Å²) in [4.78, 5) is 12.4. The highest BCUT2D eigenvalue weighted by atomic mass is 32.2. The molecule has 0 unspecified atom stereocenters. The van der Waals surface area contributed by atoms with Crippen molar-refractivity contribution in [3.63, 3.8) is 0 Å². The summed E-state index contributed by atoms with van der Waals surface area (Å²) in [6.45, 7) is 1.99. The minimum Gasteiger partial charge on any atom is -0.345 e. The summed E-state index contributed by atoms with van der Waals surface area (Å²) in [7, 11) is -3.40. The monoisotopic (exact) mass is 373 g/mol. The van der Waals surface area contributed by atoms with Crippen molar-refractivity contribution < 1.29 is 13.2 Å². The molecular formula is C17H19N5O3S. The number of amides is 1. The molecule has 0 atom stereocenters. The molecule has 3 rings (SSSR count). The van der Waals surface area contributed by atoms with Crippen LogP contribution in [0.2, 0.25) is 0 Å². The van der Waals surface area contributed by atoms with Crippen LogP contribution in [0.4, 0.5) is 5.69 Å². The number of aromatic nitrogens is 3. The smallest absolute Gasteiger partial charge is 0.251 e. The topological polar surface area (TPSA) is 105 Å². The van der Waals surface area contributed by atoms with Crippen molar-refractivity contribution in [1.82, 2.24) is 19.9 Å². The molecule has 2 N–H and O–H groups in total. The van der Waals surface area contributed by atoms with Gasteiger partial charge in [0.2, 0.25) is 10.0 Å². The van der Waals surface area contributed by atoms with E-state index in [2.05, 4.69) is 20.2 Å². The summed E-state index contributed by atoms with van der Waals surface area (Å²) in [5.41, 5.74) is 1.42. The van der Waals surface area contributed by atoms with Crippen LogP contribution in [-0.4, -0.2) is 34.7 Å². The third-order valence-corrected chi connectivity index (χ3v) is 5.15. The molecule has 8 nitrogen and oxygen atoms in total. The van der Waals surface area contributed by atoms with E-state index in [0.717, 1.165) is 0 Å². The number of sulfonamides is 1. The number of hydrogen-bond donors (Lipinski definition) is 2. The van der Waals surface area contributed by atoms with Crippen LogP contribution < -0.4 is 10.0 Å². The molecule has 0 saturated carbocycles. The van der Waals surface area contributed by atoms with E-state index in [1.807, 2.05) is 24.4 Å². The maximum Gasteiger partial charge on any atom is 0.251 e. The van der Waals surface area contributed by atoms with Crippen LogP contribution in [-0.2, 0) is 16.6 Å². The van der Waals surface area contributed by atoms with Crippen molar-refractivity contribution in [3.8, 4) is 0 Å². The molecule has 136 valence electrons. The molecule has 1 aromatic carbocycles. The predicted molar refractivity (Wildman–Crippen MR) is 98.3 cm³/mol. The van der Waals surface area contributed by atoms with Gasteiger partial charge in [0, 0.05) is 17.4 Å². The number of carbonyl (C=O) groups excluding carboxylic acids is 1. The van der Waals surface area contributed by atoms with Gasteiger partial charge >= 0.3 is 0 Å². The lowest BCUT2D eigenvalue weighted by Crippen LogP contribution is -2.24. The number of pyridine rings is 1. The molecular weight excluding hydrogens is 354 g/mol. The lowest BCUT2D eigenvalue weighted by molar-refractivity contribution is 0.0950. The van der Waals surface area contributed by atoms with Gasteiger partial charge in [0.25, 0.3) is 5.91 Å². The summed E-state index contributed by atoms with van der Waals surface area (Å²) >= 11 is 0. The molecule has 0 aliphatic heterocycles. The van der Waals surface area contributed by atoms with Crippen molar-refractivity contribution in [2.75, 3.05) is 10.5 Å². The normalized spacial score (nSPS) is 11.4. The zero-order valence-corrected chi connectivity index (χ0v) is 15.0. The highest BCUT2D eigenvalue weighted by Gasteiger charge is 2.12. The average Bonchev–Trinajstić information content (AvgIpc) is 3.02. The standard InChI is InChI=1S/C17H19N5O3S/c1-2-10-26(24,25)21-14-7-5-6-13(11-14)17(23)18-12-16-20-19-15-8-3-4-9-22(15)16/h3-9,11,21H,2,10,12H2,1H3,(H,18,23). The number of nitrogens with zero attached hydrogens (tertiary/aromatic N) is 3. The molecule has 1 amide bonds. The van der Waals surface area contributed by atoms with E-state index in [9.17, 15) is 13.2 Å². The summed E-state index contributed by atoms with van der Waals surface area (Å²) in [6.07, 6.45) is 2.34. The van der Waals surface area contributed by atoms with Crippen LogP contribution in [0.15, 0.2) is 48.7 Å². The molecule has 9 heteroatoms. The minimum absolute atomic E-state index is 0.0311. The van der Waals surface area contributed by atoms with Crippen LogP contribution >= 0.6 is 0 Å². The highest BCUT2D eigenvalue weighted by Crippen LogP contribution is 2.13. The molecule has 26 heavy (non-hydrogen) atoms. The van der Waals surface area contributed by atoms with Gasteiger partial charge in [0.05, 0.1) is 12.3 Å². The molecule has 2 aromatic heterocycles. The Kier molecular flexibility index (Phi) is 5.17. The highest BCUT2D eigenvalue weighted by molar-refractivity contribution is 7.92. The Morgan fingerprint density at radius 1 is 1.15 bits per heavy atom. The van der Waals surface area contributed by atoms with E-state index in [1.165, 1.54) is 6.07 Å². The fraction of sp³-hybridized carbons (Fsp3) is 0.235. The SMILES string of the molecule is CCCS(=O)(=O)Nc1cccc(C(=O)NCc2nnc3ccccn23)c1. The third kappa shape index (κ3) is 4.17. The van der Waals surface area contributed by atoms with Crippen LogP contribution in [0.5, 0.6) is 0 Å². The van der Waals surface area contributed by atoms with Crippen molar-refractivity contribution in [3.05, 3.63) is 60.0 Å². The Labute approximate surface area is 151 Å². The molecule has 3 aromatic rings. The predicted octanol–water partition coefficient (Wildman–Crippen LogP) is 1.81. The molecule has 0 aliphatic carbocycles. The average molecular weight is 373 g/mol. The van der Waals surface area contributed by atoms with Gasteiger partial charge in [-0.2, -0.15) is 0 Å². The van der Waals surface area contributed by atoms with Gasteiger partial charge in [-0.05, 0) is 36.8 Å². The second kappa shape index (κ2) is 7.52.